The first-order valence-corrected chi connectivity index (χ1v) is 8.98. The van der Waals surface area contributed by atoms with E-state index in [-0.39, 0.29) is 0 Å². The average Bonchev–Trinajstić information content (AvgIpc) is 3.06. The molecule has 2 unspecified atom stereocenters. The van der Waals surface area contributed by atoms with Gasteiger partial charge in [0.15, 0.2) is 11.5 Å². The Balaban J connectivity index is 1.80. The van der Waals surface area contributed by atoms with E-state index >= 15 is 0 Å². The Morgan fingerprint density at radius 3 is 2.46 bits per heavy atom. The van der Waals surface area contributed by atoms with Gasteiger partial charge in [-0.05, 0) is 62.4 Å². The highest BCUT2D eigenvalue weighted by Crippen LogP contribution is 2.37. The van der Waals surface area contributed by atoms with Crippen molar-refractivity contribution in [2.45, 2.75) is 32.7 Å². The van der Waals surface area contributed by atoms with Crippen LogP contribution in [0.1, 0.15) is 37.4 Å². The van der Waals surface area contributed by atoms with Gasteiger partial charge in [-0.3, -0.25) is 0 Å². The van der Waals surface area contributed by atoms with Gasteiger partial charge in [-0.1, -0.05) is 36.4 Å². The first-order valence-electron chi connectivity index (χ1n) is 8.98. The predicted molar refractivity (Wildman–Crippen MR) is 97.8 cm³/mol. The Labute approximate surface area is 145 Å². The molecule has 1 heterocycles. The van der Waals surface area contributed by atoms with Crippen LogP contribution in [0.2, 0.25) is 0 Å². The highest BCUT2D eigenvalue weighted by molar-refractivity contribution is 5.44. The van der Waals surface area contributed by atoms with E-state index in [0.717, 1.165) is 24.5 Å². The van der Waals surface area contributed by atoms with Crippen molar-refractivity contribution in [3.8, 4) is 11.5 Å². The molecule has 0 aliphatic carbocycles. The number of hydrogen-bond donors (Lipinski definition) is 1. The van der Waals surface area contributed by atoms with Gasteiger partial charge < -0.3 is 14.8 Å². The standard InChI is InChI=1S/C21H27NO2/c1-3-23-19-11-10-17(15-20(19)24-4-2)21-18(12-13-22-21)14-16-8-6-5-7-9-16/h5-11,15,18,21-22H,3-4,12-14H2,1-2H3. The number of rotatable bonds is 7. The lowest BCUT2D eigenvalue weighted by atomic mass is 9.88. The van der Waals surface area contributed by atoms with Gasteiger partial charge in [-0.15, -0.1) is 0 Å². The summed E-state index contributed by atoms with van der Waals surface area (Å²) in [7, 11) is 0. The molecule has 1 aliphatic rings. The van der Waals surface area contributed by atoms with Crippen molar-refractivity contribution in [2.75, 3.05) is 19.8 Å². The minimum Gasteiger partial charge on any atom is -0.490 e. The monoisotopic (exact) mass is 325 g/mol. The molecule has 1 N–H and O–H groups in total. The molecular weight excluding hydrogens is 298 g/mol. The molecule has 3 nitrogen and oxygen atoms in total. The van der Waals surface area contributed by atoms with E-state index < -0.39 is 0 Å². The van der Waals surface area contributed by atoms with Crippen LogP contribution in [0, 0.1) is 5.92 Å². The molecule has 2 aromatic carbocycles. The molecule has 0 bridgehead atoms. The molecule has 3 heteroatoms. The Hall–Kier alpha value is -2.00. The first kappa shape index (κ1) is 16.8. The van der Waals surface area contributed by atoms with E-state index in [1.165, 1.54) is 17.5 Å². The first-order chi connectivity index (χ1) is 11.8. The van der Waals surface area contributed by atoms with Crippen molar-refractivity contribution in [1.29, 1.82) is 0 Å². The van der Waals surface area contributed by atoms with Crippen LogP contribution < -0.4 is 14.8 Å². The van der Waals surface area contributed by atoms with Crippen molar-refractivity contribution in [3.63, 3.8) is 0 Å². The molecule has 1 aliphatic heterocycles. The number of hydrogen-bond acceptors (Lipinski definition) is 3. The van der Waals surface area contributed by atoms with Crippen LogP contribution in [0.25, 0.3) is 0 Å². The molecule has 24 heavy (non-hydrogen) atoms. The van der Waals surface area contributed by atoms with Crippen molar-refractivity contribution < 1.29 is 9.47 Å². The van der Waals surface area contributed by atoms with Crippen LogP contribution in [-0.2, 0) is 6.42 Å². The molecule has 3 rings (SSSR count). The normalized spacial score (nSPS) is 20.1. The summed E-state index contributed by atoms with van der Waals surface area (Å²) in [5.74, 6) is 2.30. The van der Waals surface area contributed by atoms with Crippen LogP contribution >= 0.6 is 0 Å². The van der Waals surface area contributed by atoms with Crippen LogP contribution in [0.4, 0.5) is 0 Å². The molecule has 0 spiro atoms. The number of nitrogens with one attached hydrogen (secondary N) is 1. The molecule has 0 radical (unpaired) electrons. The summed E-state index contributed by atoms with van der Waals surface area (Å²) in [5.41, 5.74) is 2.70. The fourth-order valence-electron chi connectivity index (χ4n) is 3.55. The summed E-state index contributed by atoms with van der Waals surface area (Å²) in [5, 5.41) is 3.67. The topological polar surface area (TPSA) is 30.5 Å². The maximum absolute atomic E-state index is 5.79. The summed E-state index contributed by atoms with van der Waals surface area (Å²) in [6.45, 7) is 6.37. The van der Waals surface area contributed by atoms with Gasteiger partial charge in [0.1, 0.15) is 0 Å². The van der Waals surface area contributed by atoms with Crippen LogP contribution in [-0.4, -0.2) is 19.8 Å². The Morgan fingerprint density at radius 1 is 0.958 bits per heavy atom. The quantitative estimate of drug-likeness (QED) is 0.819. The minimum absolute atomic E-state index is 0.375. The Morgan fingerprint density at radius 2 is 1.71 bits per heavy atom. The van der Waals surface area contributed by atoms with Gasteiger partial charge in [0, 0.05) is 6.04 Å². The van der Waals surface area contributed by atoms with Gasteiger partial charge in [0.05, 0.1) is 13.2 Å². The zero-order valence-electron chi connectivity index (χ0n) is 14.6. The summed E-state index contributed by atoms with van der Waals surface area (Å²) >= 11 is 0. The summed E-state index contributed by atoms with van der Waals surface area (Å²) in [4.78, 5) is 0. The zero-order chi connectivity index (χ0) is 16.8. The largest absolute Gasteiger partial charge is 0.490 e. The van der Waals surface area contributed by atoms with Crippen molar-refractivity contribution in [1.82, 2.24) is 5.32 Å². The molecule has 0 amide bonds. The van der Waals surface area contributed by atoms with Crippen LogP contribution in [0.3, 0.4) is 0 Å². The van der Waals surface area contributed by atoms with Crippen molar-refractivity contribution >= 4 is 0 Å². The van der Waals surface area contributed by atoms with Gasteiger partial charge in [0.25, 0.3) is 0 Å². The average molecular weight is 325 g/mol. The molecular formula is C21H27NO2. The minimum atomic E-state index is 0.375. The van der Waals surface area contributed by atoms with Crippen molar-refractivity contribution in [2.24, 2.45) is 5.92 Å². The summed E-state index contributed by atoms with van der Waals surface area (Å²) < 4.78 is 11.5. The highest BCUT2D eigenvalue weighted by Gasteiger charge is 2.28. The third kappa shape index (κ3) is 3.90. The summed E-state index contributed by atoms with van der Waals surface area (Å²) in [6, 6.07) is 17.5. The Bertz CT molecular complexity index is 642. The van der Waals surface area contributed by atoms with Crippen LogP contribution in [0.15, 0.2) is 48.5 Å². The maximum Gasteiger partial charge on any atom is 0.161 e. The second-order valence-electron chi connectivity index (χ2n) is 6.24. The molecule has 0 aromatic heterocycles. The smallest absolute Gasteiger partial charge is 0.161 e. The highest BCUT2D eigenvalue weighted by atomic mass is 16.5. The molecule has 2 atom stereocenters. The van der Waals surface area contributed by atoms with E-state index in [9.17, 15) is 0 Å². The van der Waals surface area contributed by atoms with Gasteiger partial charge in [-0.25, -0.2) is 0 Å². The second-order valence-corrected chi connectivity index (χ2v) is 6.24. The predicted octanol–water partition coefficient (Wildman–Crippen LogP) is 4.38. The van der Waals surface area contributed by atoms with E-state index in [2.05, 4.69) is 47.8 Å². The molecule has 1 saturated heterocycles. The number of benzene rings is 2. The zero-order valence-corrected chi connectivity index (χ0v) is 14.6. The van der Waals surface area contributed by atoms with Crippen LogP contribution in [0.5, 0.6) is 11.5 Å². The maximum atomic E-state index is 5.79. The summed E-state index contributed by atoms with van der Waals surface area (Å²) in [6.07, 6.45) is 2.31. The lowest BCUT2D eigenvalue weighted by Crippen LogP contribution is -2.19. The SMILES string of the molecule is CCOc1ccc(C2NCCC2Cc2ccccc2)cc1OCC. The van der Waals surface area contributed by atoms with Crippen molar-refractivity contribution in [3.05, 3.63) is 59.7 Å². The molecule has 2 aromatic rings. The molecule has 0 saturated carbocycles. The fraction of sp³-hybridized carbons (Fsp3) is 0.429. The Kier molecular flexibility index (Phi) is 5.76. The van der Waals surface area contributed by atoms with E-state index in [4.69, 9.17) is 9.47 Å². The second kappa shape index (κ2) is 8.20. The van der Waals surface area contributed by atoms with Gasteiger partial charge in [-0.2, -0.15) is 0 Å². The number of ether oxygens (including phenoxy) is 2. The van der Waals surface area contributed by atoms with E-state index in [0.29, 0.717) is 25.2 Å². The third-order valence-electron chi connectivity index (χ3n) is 4.62. The lowest BCUT2D eigenvalue weighted by Gasteiger charge is -2.22. The van der Waals surface area contributed by atoms with E-state index in [1.807, 2.05) is 19.9 Å². The molecule has 128 valence electrons. The lowest BCUT2D eigenvalue weighted by molar-refractivity contribution is 0.287. The van der Waals surface area contributed by atoms with E-state index in [1.54, 1.807) is 0 Å². The fourth-order valence-corrected chi connectivity index (χ4v) is 3.55. The third-order valence-corrected chi connectivity index (χ3v) is 4.62. The van der Waals surface area contributed by atoms with Gasteiger partial charge in [0.2, 0.25) is 0 Å². The molecule has 1 fully saturated rings. The van der Waals surface area contributed by atoms with Gasteiger partial charge >= 0.3 is 0 Å².